The molecule has 2 aliphatic carbocycles. The molecular weight excluding hydrogens is 572 g/mol. The molecule has 1 saturated carbocycles. The number of carbonyl (C=O) groups is 4. The molecule has 9 unspecified atom stereocenters. The molecule has 4 aliphatic rings. The van der Waals surface area contributed by atoms with E-state index in [1.165, 1.54) is 21.0 Å². The van der Waals surface area contributed by atoms with Crippen LogP contribution in [0, 0.1) is 17.3 Å². The first-order chi connectivity index (χ1) is 20.3. The van der Waals surface area contributed by atoms with Gasteiger partial charge in [0.05, 0.1) is 42.2 Å². The van der Waals surface area contributed by atoms with Crippen LogP contribution in [-0.4, -0.2) is 82.5 Å². The van der Waals surface area contributed by atoms with Crippen molar-refractivity contribution in [2.75, 3.05) is 7.11 Å². The van der Waals surface area contributed by atoms with Crippen molar-refractivity contribution in [3.63, 3.8) is 0 Å². The molecule has 0 bridgehead atoms. The molecule has 11 heteroatoms. The Hall–Kier alpha value is -3.02. The quantitative estimate of drug-likeness (QED) is 0.245. The van der Waals surface area contributed by atoms with Crippen LogP contribution in [0.5, 0.6) is 0 Å². The molecule has 0 aromatic heterocycles. The minimum atomic E-state index is -1.50. The van der Waals surface area contributed by atoms with Crippen LogP contribution in [-0.2, 0) is 42.9 Å². The van der Waals surface area contributed by atoms with Gasteiger partial charge in [-0.15, -0.1) is 0 Å². The van der Waals surface area contributed by atoms with Gasteiger partial charge in [0.25, 0.3) is 0 Å². The van der Waals surface area contributed by atoms with Gasteiger partial charge in [0.1, 0.15) is 17.8 Å². The van der Waals surface area contributed by atoms with E-state index in [2.05, 4.69) is 0 Å². The summed E-state index contributed by atoms with van der Waals surface area (Å²) >= 11 is 0. The van der Waals surface area contributed by atoms with Gasteiger partial charge in [0, 0.05) is 37.5 Å². The molecule has 0 aromatic carbocycles. The molecule has 0 spiro atoms. The predicted molar refractivity (Wildman–Crippen MR) is 157 cm³/mol. The summed E-state index contributed by atoms with van der Waals surface area (Å²) in [6.45, 7) is 14.6. The summed E-state index contributed by atoms with van der Waals surface area (Å²) in [4.78, 5) is 52.7. The van der Waals surface area contributed by atoms with Crippen molar-refractivity contribution < 1.29 is 53.1 Å². The van der Waals surface area contributed by atoms with Gasteiger partial charge in [-0.3, -0.25) is 19.2 Å². The topological polar surface area (TPSA) is 155 Å². The lowest BCUT2D eigenvalue weighted by molar-refractivity contribution is -0.293. The summed E-state index contributed by atoms with van der Waals surface area (Å²) in [6.07, 6.45) is -1.69. The van der Waals surface area contributed by atoms with E-state index in [4.69, 9.17) is 23.7 Å². The van der Waals surface area contributed by atoms with Crippen LogP contribution in [0.1, 0.15) is 81.6 Å². The summed E-state index contributed by atoms with van der Waals surface area (Å²) in [5.74, 6) is -4.57. The minimum Gasteiger partial charge on any atom is -0.492 e. The number of aliphatic hydroxyl groups excluding tert-OH is 1. The second-order valence-corrected chi connectivity index (χ2v) is 13.5. The molecule has 2 aliphatic heterocycles. The van der Waals surface area contributed by atoms with Crippen molar-refractivity contribution in [3.8, 4) is 0 Å². The summed E-state index contributed by atoms with van der Waals surface area (Å²) < 4.78 is 29.9. The maximum atomic E-state index is 14.2. The smallest absolute Gasteiger partial charge is 0.303 e. The van der Waals surface area contributed by atoms with E-state index >= 15 is 0 Å². The number of fused-ring (bicyclic) bond motifs is 3. The van der Waals surface area contributed by atoms with Gasteiger partial charge in [-0.25, -0.2) is 0 Å². The first-order valence-electron chi connectivity index (χ1n) is 15.2. The monoisotopic (exact) mass is 618 g/mol. The second-order valence-electron chi connectivity index (χ2n) is 13.5. The molecule has 244 valence electrons. The number of ether oxygens (including phenoxy) is 5. The molecule has 44 heavy (non-hydrogen) atoms. The molecule has 9 atom stereocenters. The van der Waals surface area contributed by atoms with Gasteiger partial charge >= 0.3 is 11.9 Å². The second kappa shape index (κ2) is 11.7. The van der Waals surface area contributed by atoms with E-state index in [0.717, 1.165) is 0 Å². The van der Waals surface area contributed by atoms with Crippen LogP contribution in [0.3, 0.4) is 0 Å². The Balaban J connectivity index is 1.82. The highest BCUT2D eigenvalue weighted by Crippen LogP contribution is 2.60. The lowest BCUT2D eigenvalue weighted by atomic mass is 9.51. The van der Waals surface area contributed by atoms with E-state index in [1.807, 2.05) is 6.92 Å². The molecule has 2 fully saturated rings. The number of rotatable bonds is 7. The fourth-order valence-corrected chi connectivity index (χ4v) is 7.85. The zero-order valence-electron chi connectivity index (χ0n) is 27.3. The number of ketones is 2. The van der Waals surface area contributed by atoms with Crippen molar-refractivity contribution in [2.24, 2.45) is 17.3 Å². The normalized spacial score (nSPS) is 35.5. The number of carbonyl (C=O) groups excluding carboxylic acids is 4. The third-order valence-electron chi connectivity index (χ3n) is 10.1. The molecule has 2 heterocycles. The third kappa shape index (κ3) is 5.41. The summed E-state index contributed by atoms with van der Waals surface area (Å²) in [5.41, 5.74) is -3.01. The van der Waals surface area contributed by atoms with Crippen molar-refractivity contribution in [3.05, 3.63) is 34.3 Å². The Morgan fingerprint density at radius 1 is 1.11 bits per heavy atom. The van der Waals surface area contributed by atoms with Crippen LogP contribution in [0.2, 0.25) is 0 Å². The van der Waals surface area contributed by atoms with E-state index in [0.29, 0.717) is 18.4 Å². The number of aliphatic hydroxyl groups is 2. The van der Waals surface area contributed by atoms with Crippen molar-refractivity contribution in [2.45, 2.75) is 123 Å². The summed E-state index contributed by atoms with van der Waals surface area (Å²) in [7, 11) is 1.27. The zero-order valence-corrected chi connectivity index (χ0v) is 27.3. The van der Waals surface area contributed by atoms with Crippen molar-refractivity contribution in [1.82, 2.24) is 0 Å². The van der Waals surface area contributed by atoms with Gasteiger partial charge in [-0.1, -0.05) is 19.9 Å². The van der Waals surface area contributed by atoms with Gasteiger partial charge in [0.2, 0.25) is 11.6 Å². The molecule has 4 rings (SSSR count). The molecular formula is C33H46O11. The number of hydrogen-bond acceptors (Lipinski definition) is 11. The summed E-state index contributed by atoms with van der Waals surface area (Å²) in [5, 5.41) is 22.9. The molecule has 0 amide bonds. The standard InChI is InChI=1S/C33H46O11/c1-11-15(2)27(42-18(5)35)16(3)22-24(36)29-23(25(37)28(22)40-10)26(38)30-32(8,44-29)13-12-19-33(30,9)21(41-17(4)34)14-20(43-19)31(6,7)39/h11,16,19-21,26-27,30,38-39H,12-14H2,1-10H3. The molecule has 2 N–H and O–H groups in total. The SMILES string of the molecule is CC=C(C)C(OC(C)=O)C(C)C1=C(OC)C(=O)C2=C(OC3(C)CCC4OC(C(C)(C)O)CC(OC(C)=O)C4(C)C3C2O)C1=O. The Kier molecular flexibility index (Phi) is 9.02. The Morgan fingerprint density at radius 3 is 2.27 bits per heavy atom. The van der Waals surface area contributed by atoms with E-state index in [9.17, 15) is 29.4 Å². The fraction of sp³-hybridized carbons (Fsp3) is 0.697. The molecule has 11 nitrogen and oxygen atoms in total. The van der Waals surface area contributed by atoms with Crippen LogP contribution in [0.4, 0.5) is 0 Å². The average molecular weight is 619 g/mol. The molecule has 1 saturated heterocycles. The largest absolute Gasteiger partial charge is 0.492 e. The number of methoxy groups -OCH3 is 1. The maximum Gasteiger partial charge on any atom is 0.303 e. The fourth-order valence-electron chi connectivity index (χ4n) is 7.85. The highest BCUT2D eigenvalue weighted by atomic mass is 16.6. The predicted octanol–water partition coefficient (Wildman–Crippen LogP) is 3.25. The number of Topliss-reactive ketones (excluding diaryl/α,β-unsaturated/α-hetero) is 2. The van der Waals surface area contributed by atoms with Crippen LogP contribution in [0.25, 0.3) is 0 Å². The van der Waals surface area contributed by atoms with Gasteiger partial charge in [-0.2, -0.15) is 0 Å². The Morgan fingerprint density at radius 2 is 1.75 bits per heavy atom. The van der Waals surface area contributed by atoms with Gasteiger partial charge in [0.15, 0.2) is 11.5 Å². The first kappa shape index (κ1) is 33.9. The van der Waals surface area contributed by atoms with Gasteiger partial charge in [-0.05, 0) is 53.0 Å². The maximum absolute atomic E-state index is 14.2. The minimum absolute atomic E-state index is 0.00958. The van der Waals surface area contributed by atoms with E-state index < -0.39 is 82.5 Å². The van der Waals surface area contributed by atoms with Crippen LogP contribution >= 0.6 is 0 Å². The lowest BCUT2D eigenvalue weighted by Crippen LogP contribution is -2.70. The highest BCUT2D eigenvalue weighted by Gasteiger charge is 2.68. The Bertz CT molecular complexity index is 1330. The van der Waals surface area contributed by atoms with Crippen LogP contribution < -0.4 is 0 Å². The number of allylic oxidation sites excluding steroid dienone is 3. The number of esters is 2. The number of hydrogen-bond donors (Lipinski definition) is 2. The summed E-state index contributed by atoms with van der Waals surface area (Å²) in [6, 6.07) is 0. The molecule has 0 radical (unpaired) electrons. The third-order valence-corrected chi connectivity index (χ3v) is 10.1. The first-order valence-corrected chi connectivity index (χ1v) is 15.2. The van der Waals surface area contributed by atoms with Crippen molar-refractivity contribution >= 4 is 23.5 Å². The van der Waals surface area contributed by atoms with Gasteiger partial charge < -0.3 is 33.9 Å². The highest BCUT2D eigenvalue weighted by molar-refractivity contribution is 6.24. The van der Waals surface area contributed by atoms with E-state index in [-0.39, 0.29) is 29.1 Å². The lowest BCUT2D eigenvalue weighted by Gasteiger charge is -2.63. The van der Waals surface area contributed by atoms with Crippen LogP contribution in [0.15, 0.2) is 34.3 Å². The Labute approximate surface area is 258 Å². The average Bonchev–Trinajstić information content (AvgIpc) is 2.91. The van der Waals surface area contributed by atoms with Crippen molar-refractivity contribution in [1.29, 1.82) is 0 Å². The molecule has 0 aromatic rings. The van der Waals surface area contributed by atoms with E-state index in [1.54, 1.807) is 47.6 Å². The zero-order chi connectivity index (χ0) is 33.1.